The first-order valence-electron chi connectivity index (χ1n) is 4.08. The lowest BCUT2D eigenvalue weighted by Gasteiger charge is -2.07. The van der Waals surface area contributed by atoms with E-state index in [1.54, 1.807) is 0 Å². The minimum Gasteiger partial charge on any atom is -0.224 e. The van der Waals surface area contributed by atoms with Crippen LogP contribution in [0.5, 0.6) is 0 Å². The van der Waals surface area contributed by atoms with E-state index in [1.165, 1.54) is 18.2 Å². The van der Waals surface area contributed by atoms with Gasteiger partial charge in [0.1, 0.15) is 5.15 Å². The molecule has 0 fully saturated rings. The maximum absolute atomic E-state index is 12.4. The van der Waals surface area contributed by atoms with Crippen molar-refractivity contribution in [2.24, 2.45) is 0 Å². The van der Waals surface area contributed by atoms with Crippen molar-refractivity contribution >= 4 is 34.1 Å². The molecule has 0 saturated heterocycles. The van der Waals surface area contributed by atoms with E-state index in [2.05, 4.69) is 9.97 Å². The summed E-state index contributed by atoms with van der Waals surface area (Å²) in [4.78, 5) is 6.54. The van der Waals surface area contributed by atoms with Crippen LogP contribution in [0.2, 0.25) is 10.2 Å². The molecule has 0 aliphatic heterocycles. The lowest BCUT2D eigenvalue weighted by atomic mass is 10.2. The first-order valence-corrected chi connectivity index (χ1v) is 4.84. The average Bonchev–Trinajstić information content (AvgIpc) is 2.15. The summed E-state index contributed by atoms with van der Waals surface area (Å²) >= 11 is 11.4. The Kier molecular flexibility index (Phi) is 2.67. The number of benzene rings is 1. The molecule has 0 aliphatic carbocycles. The van der Waals surface area contributed by atoms with Gasteiger partial charge in [-0.25, -0.2) is 9.97 Å². The van der Waals surface area contributed by atoms with Gasteiger partial charge in [0.2, 0.25) is 5.82 Å². The van der Waals surface area contributed by atoms with Crippen molar-refractivity contribution in [1.29, 1.82) is 0 Å². The van der Waals surface area contributed by atoms with Crippen LogP contribution in [-0.4, -0.2) is 9.97 Å². The molecular weight excluding hydrogens is 264 g/mol. The van der Waals surface area contributed by atoms with Crippen molar-refractivity contribution in [3.05, 3.63) is 34.2 Å². The zero-order chi connectivity index (χ0) is 11.9. The maximum Gasteiger partial charge on any atom is 0.451 e. The van der Waals surface area contributed by atoms with Crippen molar-refractivity contribution in [2.45, 2.75) is 6.18 Å². The highest BCUT2D eigenvalue weighted by atomic mass is 35.5. The molecule has 2 nitrogen and oxygen atoms in total. The van der Waals surface area contributed by atoms with E-state index >= 15 is 0 Å². The summed E-state index contributed by atoms with van der Waals surface area (Å²) in [7, 11) is 0. The van der Waals surface area contributed by atoms with Crippen molar-refractivity contribution in [2.75, 3.05) is 0 Å². The Balaban J connectivity index is 2.79. The van der Waals surface area contributed by atoms with E-state index in [0.29, 0.717) is 0 Å². The van der Waals surface area contributed by atoms with Gasteiger partial charge in [-0.2, -0.15) is 13.2 Å². The topological polar surface area (TPSA) is 25.8 Å². The van der Waals surface area contributed by atoms with Crippen LogP contribution >= 0.6 is 23.2 Å². The predicted molar refractivity (Wildman–Crippen MR) is 54.6 cm³/mol. The van der Waals surface area contributed by atoms with E-state index in [0.717, 1.165) is 0 Å². The molecule has 0 N–H and O–H groups in total. The molecular formula is C9H3Cl2F3N2. The van der Waals surface area contributed by atoms with Crippen LogP contribution in [0.4, 0.5) is 13.2 Å². The molecule has 0 saturated carbocycles. The second-order valence-electron chi connectivity index (χ2n) is 2.97. The molecule has 0 spiro atoms. The van der Waals surface area contributed by atoms with Gasteiger partial charge in [0.25, 0.3) is 0 Å². The van der Waals surface area contributed by atoms with Gasteiger partial charge in [-0.3, -0.25) is 0 Å². The Bertz CT molecular complexity index is 554. The summed E-state index contributed by atoms with van der Waals surface area (Å²) in [5.74, 6) is -1.27. The number of alkyl halides is 3. The minimum atomic E-state index is -4.62. The number of nitrogens with zero attached hydrogens (tertiary/aromatic N) is 2. The van der Waals surface area contributed by atoms with Gasteiger partial charge in [0.05, 0.1) is 15.9 Å². The van der Waals surface area contributed by atoms with Crippen LogP contribution in [0.1, 0.15) is 5.82 Å². The molecule has 0 aliphatic rings. The molecule has 16 heavy (non-hydrogen) atoms. The van der Waals surface area contributed by atoms with E-state index < -0.39 is 12.0 Å². The van der Waals surface area contributed by atoms with E-state index in [9.17, 15) is 13.2 Å². The Morgan fingerprint density at radius 1 is 1.06 bits per heavy atom. The molecule has 0 bridgehead atoms. The van der Waals surface area contributed by atoms with Crippen LogP contribution in [0, 0.1) is 0 Å². The molecule has 7 heteroatoms. The molecule has 2 aromatic rings. The molecule has 1 aromatic heterocycles. The molecule has 0 amide bonds. The summed E-state index contributed by atoms with van der Waals surface area (Å²) in [6.07, 6.45) is -4.62. The molecule has 0 unspecified atom stereocenters. The lowest BCUT2D eigenvalue weighted by molar-refractivity contribution is -0.144. The summed E-state index contributed by atoms with van der Waals surface area (Å²) in [6.45, 7) is 0. The summed E-state index contributed by atoms with van der Waals surface area (Å²) in [5, 5.41) is 0.137. The molecule has 1 aromatic carbocycles. The van der Waals surface area contributed by atoms with E-state index in [1.807, 2.05) is 0 Å². The highest BCUT2D eigenvalue weighted by molar-refractivity contribution is 6.41. The van der Waals surface area contributed by atoms with Crippen LogP contribution < -0.4 is 0 Å². The molecule has 0 atom stereocenters. The Labute approximate surface area is 98.0 Å². The van der Waals surface area contributed by atoms with Crippen LogP contribution in [0.25, 0.3) is 10.9 Å². The van der Waals surface area contributed by atoms with Gasteiger partial charge in [0.15, 0.2) is 0 Å². The Morgan fingerprint density at radius 3 is 2.38 bits per heavy atom. The number of fused-ring (bicyclic) bond motifs is 1. The normalized spacial score (nSPS) is 12.1. The first-order chi connectivity index (χ1) is 7.39. The highest BCUT2D eigenvalue weighted by Gasteiger charge is 2.35. The Hall–Kier alpha value is -1.07. The number of aromatic nitrogens is 2. The number of hydrogen-bond acceptors (Lipinski definition) is 2. The predicted octanol–water partition coefficient (Wildman–Crippen LogP) is 3.96. The van der Waals surface area contributed by atoms with Crippen molar-refractivity contribution in [3.63, 3.8) is 0 Å². The molecule has 1 heterocycles. The maximum atomic E-state index is 12.4. The zero-order valence-electron chi connectivity index (χ0n) is 7.52. The third kappa shape index (κ3) is 1.92. The van der Waals surface area contributed by atoms with Gasteiger partial charge < -0.3 is 0 Å². The first kappa shape index (κ1) is 11.4. The monoisotopic (exact) mass is 266 g/mol. The lowest BCUT2D eigenvalue weighted by Crippen LogP contribution is -2.11. The zero-order valence-corrected chi connectivity index (χ0v) is 9.03. The van der Waals surface area contributed by atoms with Crippen molar-refractivity contribution < 1.29 is 13.2 Å². The minimum absolute atomic E-state index is 0.0693. The van der Waals surface area contributed by atoms with Gasteiger partial charge in [0, 0.05) is 0 Å². The average molecular weight is 267 g/mol. The van der Waals surface area contributed by atoms with Gasteiger partial charge in [-0.15, -0.1) is 0 Å². The quantitative estimate of drug-likeness (QED) is 0.675. The Morgan fingerprint density at radius 2 is 1.75 bits per heavy atom. The summed E-state index contributed by atoms with van der Waals surface area (Å²) < 4.78 is 37.1. The number of hydrogen-bond donors (Lipinski definition) is 0. The molecule has 0 radical (unpaired) electrons. The smallest absolute Gasteiger partial charge is 0.224 e. The molecule has 84 valence electrons. The largest absolute Gasteiger partial charge is 0.451 e. The van der Waals surface area contributed by atoms with E-state index in [-0.39, 0.29) is 21.1 Å². The second kappa shape index (κ2) is 3.75. The van der Waals surface area contributed by atoms with Crippen LogP contribution in [-0.2, 0) is 6.18 Å². The second-order valence-corrected chi connectivity index (χ2v) is 3.73. The fraction of sp³-hybridized carbons (Fsp3) is 0.111. The van der Waals surface area contributed by atoms with Crippen molar-refractivity contribution in [1.82, 2.24) is 9.97 Å². The van der Waals surface area contributed by atoms with Gasteiger partial charge in [-0.1, -0.05) is 29.3 Å². The number of halogens is 5. The van der Waals surface area contributed by atoms with E-state index in [4.69, 9.17) is 23.2 Å². The highest BCUT2D eigenvalue weighted by Crippen LogP contribution is 2.32. The van der Waals surface area contributed by atoms with Gasteiger partial charge in [-0.05, 0) is 12.1 Å². The fourth-order valence-corrected chi connectivity index (χ4v) is 1.81. The fourth-order valence-electron chi connectivity index (χ4n) is 1.22. The molecule has 2 rings (SSSR count). The summed E-state index contributed by atoms with van der Waals surface area (Å²) in [5.41, 5.74) is 0.0693. The number of rotatable bonds is 0. The third-order valence-corrected chi connectivity index (χ3v) is 2.47. The van der Waals surface area contributed by atoms with Gasteiger partial charge >= 0.3 is 6.18 Å². The van der Waals surface area contributed by atoms with Crippen LogP contribution in [0.3, 0.4) is 0 Å². The SMILES string of the molecule is FC(F)(F)c1nc(Cl)c2c(Cl)cccc2n1. The summed E-state index contributed by atoms with van der Waals surface area (Å²) in [6, 6.07) is 4.39. The van der Waals surface area contributed by atoms with Crippen LogP contribution in [0.15, 0.2) is 18.2 Å². The third-order valence-electron chi connectivity index (χ3n) is 1.88. The standard InChI is InChI=1S/C9H3Cl2F3N2/c10-4-2-1-3-5-6(4)7(11)16-8(15-5)9(12,13)14/h1-3H. The van der Waals surface area contributed by atoms with Crippen molar-refractivity contribution in [3.8, 4) is 0 Å².